The van der Waals surface area contributed by atoms with Crippen molar-refractivity contribution in [3.63, 3.8) is 0 Å². The maximum absolute atomic E-state index is 13.2. The molecule has 5 N–H and O–H groups in total. The van der Waals surface area contributed by atoms with E-state index in [-0.39, 0.29) is 125 Å². The molecule has 28 aliphatic rings. The van der Waals surface area contributed by atoms with Crippen LogP contribution in [0.1, 0.15) is 318 Å². The second kappa shape index (κ2) is 32.0. The summed E-state index contributed by atoms with van der Waals surface area (Å²) < 4.78 is 75.8. The first-order valence-electron chi connectivity index (χ1n) is 56.3. The van der Waals surface area contributed by atoms with Crippen LogP contribution >= 0.6 is 15.9 Å². The number of hydrogen-bond donors (Lipinski definition) is 5. The van der Waals surface area contributed by atoms with Crippen LogP contribution in [0, 0.1) is 90.7 Å². The molecule has 4 aromatic carbocycles. The Morgan fingerprint density at radius 2 is 0.622 bits per heavy atom. The first-order chi connectivity index (χ1) is 66.7. The van der Waals surface area contributed by atoms with Crippen LogP contribution in [0.2, 0.25) is 0 Å². The fraction of sp³-hybridized carbons (Fsp3) is 0.802. The van der Waals surface area contributed by atoms with Gasteiger partial charge in [0.25, 0.3) is 0 Å². The van der Waals surface area contributed by atoms with E-state index in [0.717, 1.165) is 223 Å². The average Bonchev–Trinajstić information content (AvgIpc) is 1.50. The molecule has 785 valence electrons. The maximum atomic E-state index is 13.2. The van der Waals surface area contributed by atoms with Crippen molar-refractivity contribution < 1.29 is 79.1 Å². The topological polar surface area (TPSA) is 216 Å². The number of halogens is 1. The molecular formula is C121H175BBrN4O16. The van der Waals surface area contributed by atoms with E-state index in [0.29, 0.717) is 50.4 Å². The number of likely N-dealkylation sites (tertiary alicyclic amines) is 4. The second-order valence-corrected chi connectivity index (χ2v) is 57.2. The van der Waals surface area contributed by atoms with Gasteiger partial charge in [0.05, 0.1) is 49.8 Å². The molecule has 22 heteroatoms. The quantitative estimate of drug-likeness (QED) is 0.0250. The van der Waals surface area contributed by atoms with E-state index in [2.05, 4.69) is 188 Å². The molecule has 32 rings (SSSR count). The molecular weight excluding hydrogens is 1860 g/mol. The number of nitrogens with zero attached hydrogens (tertiary/aromatic N) is 4. The Labute approximate surface area is 866 Å². The average molecular weight is 2030 g/mol. The molecule has 143 heavy (non-hydrogen) atoms. The Balaban J connectivity index is 0.000000131. The lowest BCUT2D eigenvalue weighted by molar-refractivity contribution is -0.319. The van der Waals surface area contributed by atoms with Gasteiger partial charge in [-0.25, -0.2) is 0 Å². The number of alkyl halides is 1. The molecule has 16 saturated carbocycles. The lowest BCUT2D eigenvalue weighted by Gasteiger charge is -2.75. The van der Waals surface area contributed by atoms with Crippen molar-refractivity contribution in [2.24, 2.45) is 90.7 Å². The van der Waals surface area contributed by atoms with Crippen molar-refractivity contribution in [3.8, 4) is 46.0 Å². The van der Waals surface area contributed by atoms with Crippen LogP contribution in [0.5, 0.6) is 46.0 Å². The molecule has 20 aliphatic carbocycles. The minimum absolute atomic E-state index is 0. The second-order valence-electron chi connectivity index (χ2n) is 56.4. The highest BCUT2D eigenvalue weighted by Crippen LogP contribution is 2.85. The number of aliphatic hydroxyl groups is 5. The Hall–Kier alpha value is -4.66. The number of methoxy groups -OCH3 is 4. The van der Waals surface area contributed by atoms with Crippen LogP contribution in [0.4, 0.5) is 0 Å². The molecule has 8 aliphatic heterocycles. The van der Waals surface area contributed by atoms with Crippen molar-refractivity contribution in [1.29, 1.82) is 0 Å². The van der Waals surface area contributed by atoms with Crippen molar-refractivity contribution in [2.45, 2.75) is 413 Å². The first-order valence-corrected chi connectivity index (χ1v) is 57.4. The van der Waals surface area contributed by atoms with Crippen molar-refractivity contribution in [3.05, 3.63) is 93.0 Å². The predicted molar refractivity (Wildman–Crippen MR) is 561 cm³/mol. The van der Waals surface area contributed by atoms with Crippen LogP contribution in [0.25, 0.3) is 0 Å². The summed E-state index contributed by atoms with van der Waals surface area (Å²) in [7, 11) is 7.26. The van der Waals surface area contributed by atoms with Gasteiger partial charge in [0.1, 0.15) is 53.4 Å². The third kappa shape index (κ3) is 12.5. The summed E-state index contributed by atoms with van der Waals surface area (Å²) in [5.41, 5.74) is 2.29. The molecule has 20 nitrogen and oxygen atoms in total. The Bertz CT molecular complexity index is 5730. The van der Waals surface area contributed by atoms with Gasteiger partial charge in [0.15, 0.2) is 46.0 Å². The van der Waals surface area contributed by atoms with E-state index in [4.69, 9.17) is 52.1 Å². The zero-order valence-electron chi connectivity index (χ0n) is 89.6. The van der Waals surface area contributed by atoms with Crippen LogP contribution in [0.15, 0.2) is 48.5 Å². The number of ether oxygens (including phenoxy) is 11. The fourth-order valence-corrected chi connectivity index (χ4v) is 39.1. The normalized spacial score (nSPS) is 42.2. The van der Waals surface area contributed by atoms with E-state index in [9.17, 15) is 25.5 Å². The van der Waals surface area contributed by atoms with E-state index in [1.807, 2.05) is 21.1 Å². The predicted octanol–water partition coefficient (Wildman–Crippen LogP) is 19.2. The molecule has 20 fully saturated rings. The molecule has 16 bridgehead atoms. The first kappa shape index (κ1) is 100. The molecule has 1 unspecified atom stereocenters. The zero-order valence-corrected chi connectivity index (χ0v) is 91.2. The molecule has 8 heterocycles. The number of rotatable bonds is 24. The Morgan fingerprint density at radius 1 is 0.350 bits per heavy atom. The van der Waals surface area contributed by atoms with Gasteiger partial charge in [-0.1, -0.05) is 131 Å². The minimum Gasteiger partial charge on any atom is -0.493 e. The molecule has 8 spiro atoms. The minimum atomic E-state index is -1.06. The zero-order chi connectivity index (χ0) is 98.5. The van der Waals surface area contributed by atoms with Crippen LogP contribution in [0.3, 0.4) is 0 Å². The van der Waals surface area contributed by atoms with Crippen LogP contribution in [-0.2, 0) is 61.6 Å². The SMILES string of the molecule is C.CO[C@@]12CC[C@@]3(C[C@@H]1[C@](C)(O)C(C)(C)C)[C@H]1Cc4ccc(OCCBr)c5c4[C@@]3(CCN1CC1CC1)[C@@H]2O5.COc1ccc2c3c1O[C@@H]1[C@]4(O)CC[C@@]5(C[C@@H]4[C@](C)(O)C(C)(C)C)[C@@H](C2)N(CC2CC2)CC[C@]315.COc1ccc2c3c1O[C@@H]1[C@]4(OCCOc5ccc6c7c5O[C@@H]5[C@]8(OC)CC[C@@]9(CC8[C@](C)(O)C(C)(C)C)[C@@H](C6)N(CC6CC6)CC[C@]759)CC[C@@]5(C[C@@H]4[C@](C)(O)C(C)(C)C)[C@@H](C2)N(CC2CC2)CC[C@]315.[2HH].[B]. The Morgan fingerprint density at radius 3 is 0.937 bits per heavy atom. The van der Waals surface area contributed by atoms with Gasteiger partial charge >= 0.3 is 0 Å². The van der Waals surface area contributed by atoms with Gasteiger partial charge in [0.2, 0.25) is 0 Å². The number of hydrogen-bond acceptors (Lipinski definition) is 20. The summed E-state index contributed by atoms with van der Waals surface area (Å²) in [5, 5.41) is 63.8. The molecule has 0 amide bonds. The number of benzene rings is 4. The van der Waals surface area contributed by atoms with E-state index in [1.54, 1.807) is 14.2 Å². The van der Waals surface area contributed by atoms with E-state index in [1.165, 1.54) is 122 Å². The molecule has 4 saturated heterocycles. The van der Waals surface area contributed by atoms with Gasteiger partial charge in [0, 0.05) is 169 Å². The molecule has 4 aromatic rings. The monoisotopic (exact) mass is 2030 g/mol. The molecule has 28 atom stereocenters. The fourth-order valence-electron chi connectivity index (χ4n) is 38.9. The van der Waals surface area contributed by atoms with Crippen molar-refractivity contribution in [2.75, 3.05) is 106 Å². The van der Waals surface area contributed by atoms with Gasteiger partial charge in [-0.05, 0) is 326 Å². The summed E-state index contributed by atoms with van der Waals surface area (Å²) in [5.74, 6) is 9.85. The lowest BCUT2D eigenvalue weighted by atomic mass is 9.33. The highest BCUT2D eigenvalue weighted by molar-refractivity contribution is 9.09. The van der Waals surface area contributed by atoms with Gasteiger partial charge in [-0.3, -0.25) is 19.6 Å². The third-order valence-electron chi connectivity index (χ3n) is 48.1. The Kier molecular flexibility index (Phi) is 22.5. The number of piperidine rings is 4. The van der Waals surface area contributed by atoms with Gasteiger partial charge in [-0.15, -0.1) is 0 Å². The largest absolute Gasteiger partial charge is 0.493 e. The van der Waals surface area contributed by atoms with Gasteiger partial charge < -0.3 is 77.6 Å². The smallest absolute Gasteiger partial charge is 0.165 e. The summed E-state index contributed by atoms with van der Waals surface area (Å²) in [4.78, 5) is 11.4. The van der Waals surface area contributed by atoms with Crippen LogP contribution in [-0.4, -0.2) is 253 Å². The highest BCUT2D eigenvalue weighted by Gasteiger charge is 2.89. The third-order valence-corrected chi connectivity index (χ3v) is 48.4. The maximum Gasteiger partial charge on any atom is 0.165 e. The standard InChI is InChI=1S/C60H84N2O8.C31H44BrNO4.C29H41NO4.CH4.B.H2/c1-51(2,3)53(7,63)41-31-55-19-21-59(41,66-10)49-57(55)23-25-61(33-35-11-12-35)43(55)30-38-16-18-40(48(70-49)46(38)57)67-27-28-68-60-22-20-56(32-42(60)54(8,64)52(4,5)6)44-29-37-15-17-39(65-9)47-45(37)58(56,50(60)69-47)24-26-62(44)34-36-13-14-36;1-27(2,3)28(4,34)22-17-29-10-11-31(22,35-5)26-30(29)12-14-33(18-19-6-7-19)23(29)16-20-8-9-21(36-15-13-32)25(37-26)24(20)30;1-25(2,3)26(4,31)20-15-27-10-11-29(20,32)24-28(27)12-13-30(16-17-6-7-17)21(27)14-18-8-9-19(33-5)23(34-24)22(18)28;;;/h15-18,35-36,41-44,49-50,63-64H,11-14,19-34H2,1-10H3;8-9,19,22-23,26,34H,6-7,10-18H2,1-5H3;8-9,17,20-21,24,31-32H,6-7,10-16H2,1-5H3;1H4;;1H/t41?,42-,43-,44-,49+,50+,53+,54+,55-,56-,57+,58+,59+,60+;22-,23-,26+,28+,29-,30+,31+;20-,21-,24+,26+,27-,28+,29+;;;/m111.../s1/i;;;;;1+1. The molecule has 3 radical (unpaired) electrons. The number of fused-ring (bicyclic) bond motifs is 8. The lowest BCUT2D eigenvalue weighted by Crippen LogP contribution is -2.83. The summed E-state index contributed by atoms with van der Waals surface area (Å²) in [6.45, 7) is 44.8. The van der Waals surface area contributed by atoms with Crippen molar-refractivity contribution in [1.82, 2.24) is 19.6 Å². The van der Waals surface area contributed by atoms with Crippen LogP contribution < -0.4 is 37.9 Å². The summed E-state index contributed by atoms with van der Waals surface area (Å²) >= 11 is 3.53. The highest BCUT2D eigenvalue weighted by atomic mass is 79.9. The molecule has 0 aromatic heterocycles. The van der Waals surface area contributed by atoms with E-state index >= 15 is 0 Å². The summed E-state index contributed by atoms with van der Waals surface area (Å²) in [6, 6.07) is 19.6. The summed E-state index contributed by atoms with van der Waals surface area (Å²) in [6.07, 6.45) is 29.8. The van der Waals surface area contributed by atoms with E-state index < -0.39 is 50.2 Å². The van der Waals surface area contributed by atoms with Gasteiger partial charge in [-0.2, -0.15) is 0 Å². The van der Waals surface area contributed by atoms with Crippen molar-refractivity contribution >= 4 is 24.3 Å².